The predicted octanol–water partition coefficient (Wildman–Crippen LogP) is 1.50. The largest absolute Gasteiger partial charge is 0.481 e. The summed E-state index contributed by atoms with van der Waals surface area (Å²) in [6, 6.07) is 1.46. The van der Waals surface area contributed by atoms with Crippen LogP contribution in [0.25, 0.3) is 0 Å². The zero-order valence-corrected chi connectivity index (χ0v) is 10.5. The molecule has 7 heteroatoms. The van der Waals surface area contributed by atoms with Gasteiger partial charge < -0.3 is 9.47 Å². The van der Waals surface area contributed by atoms with E-state index >= 15 is 0 Å². The first-order chi connectivity index (χ1) is 8.15. The van der Waals surface area contributed by atoms with E-state index in [1.54, 1.807) is 0 Å². The average molecular weight is 260 g/mol. The van der Waals surface area contributed by atoms with Crippen molar-refractivity contribution < 1.29 is 14.3 Å². The van der Waals surface area contributed by atoms with E-state index in [9.17, 15) is 4.79 Å². The van der Waals surface area contributed by atoms with Crippen molar-refractivity contribution in [3.8, 4) is 5.88 Å². The van der Waals surface area contributed by atoms with E-state index in [1.807, 2.05) is 6.92 Å². The maximum atomic E-state index is 11.4. The third-order valence-corrected chi connectivity index (χ3v) is 2.00. The number of anilines is 1. The predicted molar refractivity (Wildman–Crippen MR) is 63.3 cm³/mol. The fraction of sp³-hybridized carbons (Fsp3) is 0.500. The number of aromatic nitrogens is 2. The molecule has 0 saturated heterocycles. The lowest BCUT2D eigenvalue weighted by Crippen LogP contribution is -2.16. The number of hydrogen-bond donors (Lipinski definition) is 1. The fourth-order valence-electron chi connectivity index (χ4n) is 1.05. The van der Waals surface area contributed by atoms with E-state index in [4.69, 9.17) is 21.1 Å². The van der Waals surface area contributed by atoms with Gasteiger partial charge >= 0.3 is 0 Å². The molecule has 1 aromatic rings. The molecular weight excluding hydrogens is 246 g/mol. The van der Waals surface area contributed by atoms with Gasteiger partial charge in [0.2, 0.25) is 17.7 Å². The Kier molecular flexibility index (Phi) is 5.65. The molecule has 0 aliphatic carbocycles. The van der Waals surface area contributed by atoms with E-state index in [2.05, 4.69) is 15.3 Å². The van der Waals surface area contributed by atoms with E-state index in [1.165, 1.54) is 13.2 Å². The first kappa shape index (κ1) is 13.7. The van der Waals surface area contributed by atoms with Crippen molar-refractivity contribution in [3.63, 3.8) is 0 Å². The first-order valence-corrected chi connectivity index (χ1v) is 5.49. The minimum Gasteiger partial charge on any atom is -0.481 e. The summed E-state index contributed by atoms with van der Waals surface area (Å²) in [4.78, 5) is 19.2. The second-order valence-electron chi connectivity index (χ2n) is 3.05. The Bertz CT molecular complexity index is 387. The van der Waals surface area contributed by atoms with Gasteiger partial charge in [-0.25, -0.2) is 4.98 Å². The van der Waals surface area contributed by atoms with Crippen molar-refractivity contribution in [1.82, 2.24) is 9.97 Å². The second-order valence-corrected chi connectivity index (χ2v) is 3.44. The molecule has 1 rings (SSSR count). The summed E-state index contributed by atoms with van der Waals surface area (Å²) in [5.74, 6) is 0.184. The van der Waals surface area contributed by atoms with Crippen LogP contribution in [0.3, 0.4) is 0 Å². The smallest absolute Gasteiger partial charge is 0.234 e. The molecule has 1 heterocycles. The maximum absolute atomic E-state index is 11.4. The molecule has 1 amide bonds. The zero-order valence-electron chi connectivity index (χ0n) is 9.70. The second kappa shape index (κ2) is 7.03. The molecule has 17 heavy (non-hydrogen) atoms. The van der Waals surface area contributed by atoms with E-state index in [-0.39, 0.29) is 23.4 Å². The molecule has 0 aromatic carbocycles. The lowest BCUT2D eigenvalue weighted by atomic mass is 10.4. The molecule has 1 aromatic heterocycles. The molecule has 0 unspecified atom stereocenters. The molecule has 1 N–H and O–H groups in total. The molecular formula is C10H14ClN3O3. The Morgan fingerprint density at radius 2 is 2.29 bits per heavy atom. The van der Waals surface area contributed by atoms with E-state index < -0.39 is 0 Å². The van der Waals surface area contributed by atoms with Crippen molar-refractivity contribution in [3.05, 3.63) is 11.2 Å². The van der Waals surface area contributed by atoms with Crippen LogP contribution in [0.4, 0.5) is 5.95 Å². The van der Waals surface area contributed by atoms with Crippen molar-refractivity contribution in [1.29, 1.82) is 0 Å². The summed E-state index contributed by atoms with van der Waals surface area (Å²) < 4.78 is 9.96. The molecule has 0 aliphatic rings. The SMILES string of the molecule is CCOCCC(=O)Nc1nc(Cl)cc(OC)n1. The van der Waals surface area contributed by atoms with Crippen LogP contribution in [0.2, 0.25) is 5.15 Å². The standard InChI is InChI=1S/C10H14ClN3O3/c1-3-17-5-4-8(15)13-10-12-7(11)6-9(14-10)16-2/h6H,3-5H2,1-2H3,(H,12,13,14,15). The number of amides is 1. The Morgan fingerprint density at radius 3 is 2.94 bits per heavy atom. The minimum atomic E-state index is -0.234. The van der Waals surface area contributed by atoms with Gasteiger partial charge in [-0.3, -0.25) is 10.1 Å². The molecule has 0 aliphatic heterocycles. The van der Waals surface area contributed by atoms with Crippen LogP contribution < -0.4 is 10.1 Å². The van der Waals surface area contributed by atoms with Gasteiger partial charge in [0.05, 0.1) is 20.1 Å². The Balaban J connectivity index is 2.55. The van der Waals surface area contributed by atoms with Crippen LogP contribution in [-0.2, 0) is 9.53 Å². The summed E-state index contributed by atoms with van der Waals surface area (Å²) in [6.45, 7) is 2.80. The zero-order chi connectivity index (χ0) is 12.7. The number of nitrogens with one attached hydrogen (secondary N) is 1. The highest BCUT2D eigenvalue weighted by Crippen LogP contribution is 2.15. The summed E-state index contributed by atoms with van der Waals surface area (Å²) in [5.41, 5.74) is 0. The lowest BCUT2D eigenvalue weighted by Gasteiger charge is -2.05. The number of ether oxygens (including phenoxy) is 2. The molecule has 0 radical (unpaired) electrons. The van der Waals surface area contributed by atoms with Crippen LogP contribution in [0, 0.1) is 0 Å². The number of halogens is 1. The molecule has 0 fully saturated rings. The Morgan fingerprint density at radius 1 is 1.53 bits per heavy atom. The van der Waals surface area contributed by atoms with Gasteiger partial charge in [0.25, 0.3) is 0 Å². The highest BCUT2D eigenvalue weighted by atomic mass is 35.5. The van der Waals surface area contributed by atoms with Gasteiger partial charge in [0.15, 0.2) is 0 Å². The Labute approximate surface area is 104 Å². The van der Waals surface area contributed by atoms with Gasteiger partial charge in [-0.1, -0.05) is 11.6 Å². The third kappa shape index (κ3) is 4.97. The van der Waals surface area contributed by atoms with Gasteiger partial charge in [-0.15, -0.1) is 0 Å². The highest BCUT2D eigenvalue weighted by molar-refractivity contribution is 6.29. The van der Waals surface area contributed by atoms with E-state index in [0.29, 0.717) is 19.1 Å². The van der Waals surface area contributed by atoms with Gasteiger partial charge in [-0.2, -0.15) is 4.98 Å². The highest BCUT2D eigenvalue weighted by Gasteiger charge is 2.07. The maximum Gasteiger partial charge on any atom is 0.234 e. The summed E-state index contributed by atoms with van der Waals surface area (Å²) in [7, 11) is 1.46. The minimum absolute atomic E-state index is 0.121. The quantitative estimate of drug-likeness (QED) is 0.619. The number of hydrogen-bond acceptors (Lipinski definition) is 5. The van der Waals surface area contributed by atoms with Crippen molar-refractivity contribution >= 4 is 23.5 Å². The first-order valence-electron chi connectivity index (χ1n) is 5.12. The normalized spacial score (nSPS) is 10.1. The number of carbonyl (C=O) groups excluding carboxylic acids is 1. The van der Waals surface area contributed by atoms with Crippen LogP contribution in [0.1, 0.15) is 13.3 Å². The molecule has 6 nitrogen and oxygen atoms in total. The number of nitrogens with zero attached hydrogens (tertiary/aromatic N) is 2. The van der Waals surface area contributed by atoms with Crippen LogP contribution in [0.5, 0.6) is 5.88 Å². The topological polar surface area (TPSA) is 73.3 Å². The van der Waals surface area contributed by atoms with Gasteiger partial charge in [0, 0.05) is 12.7 Å². The Hall–Kier alpha value is -1.40. The fourth-order valence-corrected chi connectivity index (χ4v) is 1.23. The van der Waals surface area contributed by atoms with Crippen molar-refractivity contribution in [2.75, 3.05) is 25.6 Å². The summed E-state index contributed by atoms with van der Waals surface area (Å²) in [5, 5.41) is 2.72. The van der Waals surface area contributed by atoms with Crippen LogP contribution in [-0.4, -0.2) is 36.2 Å². The summed E-state index contributed by atoms with van der Waals surface area (Å²) in [6.07, 6.45) is 0.242. The number of carbonyl (C=O) groups is 1. The monoisotopic (exact) mass is 259 g/mol. The third-order valence-electron chi connectivity index (χ3n) is 1.81. The number of methoxy groups -OCH3 is 1. The molecule has 0 spiro atoms. The van der Waals surface area contributed by atoms with Crippen LogP contribution >= 0.6 is 11.6 Å². The summed E-state index contributed by atoms with van der Waals surface area (Å²) >= 11 is 5.73. The molecule has 0 bridgehead atoms. The van der Waals surface area contributed by atoms with Gasteiger partial charge in [-0.05, 0) is 6.92 Å². The van der Waals surface area contributed by atoms with Crippen molar-refractivity contribution in [2.45, 2.75) is 13.3 Å². The number of rotatable bonds is 6. The molecule has 0 atom stereocenters. The molecule has 0 saturated carbocycles. The lowest BCUT2D eigenvalue weighted by molar-refractivity contribution is -0.117. The average Bonchev–Trinajstić information content (AvgIpc) is 2.28. The van der Waals surface area contributed by atoms with Gasteiger partial charge in [0.1, 0.15) is 5.15 Å². The molecule has 94 valence electrons. The van der Waals surface area contributed by atoms with Crippen LogP contribution in [0.15, 0.2) is 6.07 Å². The van der Waals surface area contributed by atoms with Crippen molar-refractivity contribution in [2.24, 2.45) is 0 Å². The van der Waals surface area contributed by atoms with E-state index in [0.717, 1.165) is 0 Å².